The Morgan fingerprint density at radius 1 is 1.06 bits per heavy atom. The first-order chi connectivity index (χ1) is 16.3. The van der Waals surface area contributed by atoms with Crippen molar-refractivity contribution in [1.29, 1.82) is 0 Å². The van der Waals surface area contributed by atoms with Crippen molar-refractivity contribution in [3.8, 4) is 5.75 Å². The van der Waals surface area contributed by atoms with Crippen molar-refractivity contribution < 1.29 is 22.7 Å². The summed E-state index contributed by atoms with van der Waals surface area (Å²) in [7, 11) is -2.10. The molecule has 0 bridgehead atoms. The predicted octanol–water partition coefficient (Wildman–Crippen LogP) is 2.47. The van der Waals surface area contributed by atoms with E-state index in [-0.39, 0.29) is 23.3 Å². The molecule has 34 heavy (non-hydrogen) atoms. The highest BCUT2D eigenvalue weighted by molar-refractivity contribution is 7.89. The maximum Gasteiger partial charge on any atom is 0.253 e. The van der Waals surface area contributed by atoms with Crippen LogP contribution in [0.15, 0.2) is 66.1 Å². The normalized spacial score (nSPS) is 14.4. The number of benzene rings is 2. The molecule has 1 aliphatic heterocycles. The van der Waals surface area contributed by atoms with Gasteiger partial charge in [-0.2, -0.15) is 0 Å². The first-order valence-corrected chi connectivity index (χ1v) is 12.7. The number of nitrogens with zero attached hydrogens (tertiary/aromatic N) is 2. The Kier molecular flexibility index (Phi) is 8.84. The van der Waals surface area contributed by atoms with Crippen molar-refractivity contribution in [2.24, 2.45) is 0 Å². The number of carbonyl (C=O) groups excluding carboxylic acids is 2. The Morgan fingerprint density at radius 2 is 1.76 bits per heavy atom. The van der Waals surface area contributed by atoms with Gasteiger partial charge in [0.15, 0.2) is 0 Å². The van der Waals surface area contributed by atoms with E-state index >= 15 is 0 Å². The third-order valence-corrected chi connectivity index (χ3v) is 7.15. The van der Waals surface area contributed by atoms with Crippen LogP contribution in [0.4, 0.5) is 0 Å². The van der Waals surface area contributed by atoms with E-state index in [0.717, 1.165) is 11.3 Å². The van der Waals surface area contributed by atoms with Gasteiger partial charge in [-0.3, -0.25) is 9.59 Å². The number of aryl methyl sites for hydroxylation is 1. The van der Waals surface area contributed by atoms with E-state index in [1.807, 2.05) is 24.3 Å². The number of sulfonamides is 1. The fourth-order valence-corrected chi connectivity index (χ4v) is 4.85. The number of nitrogens with one attached hydrogen (secondary N) is 1. The number of carbonyl (C=O) groups is 2. The zero-order valence-corrected chi connectivity index (χ0v) is 20.2. The van der Waals surface area contributed by atoms with Crippen LogP contribution in [0, 0.1) is 0 Å². The lowest BCUT2D eigenvalue weighted by molar-refractivity contribution is -0.131. The van der Waals surface area contributed by atoms with Crippen molar-refractivity contribution >= 4 is 21.8 Å². The van der Waals surface area contributed by atoms with Gasteiger partial charge < -0.3 is 14.5 Å². The molecule has 0 spiro atoms. The minimum atomic E-state index is -3.72. The monoisotopic (exact) mass is 485 g/mol. The van der Waals surface area contributed by atoms with Crippen LogP contribution in [-0.2, 0) is 21.2 Å². The zero-order valence-electron chi connectivity index (χ0n) is 19.4. The molecule has 0 radical (unpaired) electrons. The molecule has 1 aliphatic rings. The van der Waals surface area contributed by atoms with Crippen LogP contribution in [0.2, 0.25) is 0 Å². The van der Waals surface area contributed by atoms with Gasteiger partial charge in [0, 0.05) is 44.7 Å². The first-order valence-electron chi connectivity index (χ1n) is 11.2. The molecular formula is C25H31N3O5S. The SMILES string of the molecule is C=CCNS(=O)(=O)c1cccc(C(=O)N2CCCN(C(=O)CCc3ccc(OC)cc3)CC2)c1. The average molecular weight is 486 g/mol. The minimum Gasteiger partial charge on any atom is -0.497 e. The van der Waals surface area contributed by atoms with Gasteiger partial charge in [0.2, 0.25) is 15.9 Å². The van der Waals surface area contributed by atoms with Gasteiger partial charge in [0.25, 0.3) is 5.91 Å². The number of hydrogen-bond acceptors (Lipinski definition) is 5. The van der Waals surface area contributed by atoms with Crippen molar-refractivity contribution in [3.63, 3.8) is 0 Å². The molecular weight excluding hydrogens is 454 g/mol. The second kappa shape index (κ2) is 11.8. The summed E-state index contributed by atoms with van der Waals surface area (Å²) in [5.74, 6) is 0.600. The van der Waals surface area contributed by atoms with Gasteiger partial charge in [-0.1, -0.05) is 24.3 Å². The van der Waals surface area contributed by atoms with Gasteiger partial charge >= 0.3 is 0 Å². The highest BCUT2D eigenvalue weighted by atomic mass is 32.2. The quantitative estimate of drug-likeness (QED) is 0.551. The third kappa shape index (κ3) is 6.68. The highest BCUT2D eigenvalue weighted by Crippen LogP contribution is 2.16. The molecule has 1 N–H and O–H groups in total. The first kappa shape index (κ1) is 25.5. The molecule has 2 aromatic rings. The van der Waals surface area contributed by atoms with Crippen LogP contribution in [0.25, 0.3) is 0 Å². The Morgan fingerprint density at radius 3 is 2.47 bits per heavy atom. The molecule has 1 fully saturated rings. The highest BCUT2D eigenvalue weighted by Gasteiger charge is 2.24. The Labute approximate surface area is 201 Å². The van der Waals surface area contributed by atoms with E-state index in [1.54, 1.807) is 29.0 Å². The van der Waals surface area contributed by atoms with E-state index in [4.69, 9.17) is 4.74 Å². The molecule has 0 unspecified atom stereocenters. The summed E-state index contributed by atoms with van der Waals surface area (Å²) < 4.78 is 32.3. The summed E-state index contributed by atoms with van der Waals surface area (Å²) in [5.41, 5.74) is 1.37. The molecule has 0 aliphatic carbocycles. The predicted molar refractivity (Wildman–Crippen MR) is 130 cm³/mol. The lowest BCUT2D eigenvalue weighted by atomic mass is 10.1. The van der Waals surface area contributed by atoms with E-state index < -0.39 is 10.0 Å². The summed E-state index contributed by atoms with van der Waals surface area (Å²) in [6.45, 7) is 5.56. The largest absolute Gasteiger partial charge is 0.497 e. The van der Waals surface area contributed by atoms with Gasteiger partial charge in [0.1, 0.15) is 5.75 Å². The Balaban J connectivity index is 1.58. The maximum atomic E-state index is 13.1. The van der Waals surface area contributed by atoms with Crippen molar-refractivity contribution in [3.05, 3.63) is 72.3 Å². The van der Waals surface area contributed by atoms with Crippen LogP contribution in [-0.4, -0.2) is 69.9 Å². The lowest BCUT2D eigenvalue weighted by Gasteiger charge is -2.22. The Hall–Kier alpha value is -3.17. The molecule has 0 atom stereocenters. The molecule has 0 saturated carbocycles. The molecule has 2 aromatic carbocycles. The molecule has 3 rings (SSSR count). The lowest BCUT2D eigenvalue weighted by Crippen LogP contribution is -2.37. The third-order valence-electron chi connectivity index (χ3n) is 5.73. The zero-order chi connectivity index (χ0) is 24.6. The second-order valence-electron chi connectivity index (χ2n) is 8.04. The Bertz CT molecular complexity index is 1120. The number of amides is 2. The summed E-state index contributed by atoms with van der Waals surface area (Å²) in [6, 6.07) is 13.7. The molecule has 1 saturated heterocycles. The average Bonchev–Trinajstić information content (AvgIpc) is 3.12. The summed E-state index contributed by atoms with van der Waals surface area (Å²) in [5, 5.41) is 0. The van der Waals surface area contributed by atoms with Crippen LogP contribution < -0.4 is 9.46 Å². The summed E-state index contributed by atoms with van der Waals surface area (Å²) >= 11 is 0. The fraction of sp³-hybridized carbons (Fsp3) is 0.360. The van der Waals surface area contributed by atoms with E-state index in [9.17, 15) is 18.0 Å². The number of methoxy groups -OCH3 is 1. The standard InChI is InChI=1S/C25H31N3O5S/c1-3-14-26-34(31,32)23-7-4-6-21(19-23)25(30)28-16-5-15-27(17-18-28)24(29)13-10-20-8-11-22(33-2)12-9-20/h3-4,6-9,11-12,19,26H,1,5,10,13-18H2,2H3. The van der Waals surface area contributed by atoms with Crippen LogP contribution in [0.5, 0.6) is 5.75 Å². The fourth-order valence-electron chi connectivity index (χ4n) is 3.80. The molecule has 2 amide bonds. The summed E-state index contributed by atoms with van der Waals surface area (Å²) in [6.07, 6.45) is 3.16. The van der Waals surface area contributed by atoms with Gasteiger partial charge in [-0.05, 0) is 48.7 Å². The summed E-state index contributed by atoms with van der Waals surface area (Å²) in [4.78, 5) is 29.3. The van der Waals surface area contributed by atoms with E-state index in [0.29, 0.717) is 51.0 Å². The number of rotatable bonds is 9. The number of ether oxygens (including phenoxy) is 1. The molecule has 182 valence electrons. The smallest absolute Gasteiger partial charge is 0.253 e. The number of hydrogen-bond donors (Lipinski definition) is 1. The van der Waals surface area contributed by atoms with Crippen molar-refractivity contribution in [2.75, 3.05) is 39.8 Å². The van der Waals surface area contributed by atoms with Crippen LogP contribution >= 0.6 is 0 Å². The van der Waals surface area contributed by atoms with Crippen LogP contribution in [0.1, 0.15) is 28.8 Å². The van der Waals surface area contributed by atoms with Gasteiger partial charge in [-0.25, -0.2) is 13.1 Å². The molecule has 0 aromatic heterocycles. The topological polar surface area (TPSA) is 96.0 Å². The van der Waals surface area contributed by atoms with E-state index in [1.165, 1.54) is 18.2 Å². The van der Waals surface area contributed by atoms with Crippen LogP contribution in [0.3, 0.4) is 0 Å². The van der Waals surface area contributed by atoms with Gasteiger partial charge in [0.05, 0.1) is 12.0 Å². The van der Waals surface area contributed by atoms with Crippen molar-refractivity contribution in [2.45, 2.75) is 24.2 Å². The second-order valence-corrected chi connectivity index (χ2v) is 9.81. The van der Waals surface area contributed by atoms with Gasteiger partial charge in [-0.15, -0.1) is 6.58 Å². The minimum absolute atomic E-state index is 0.0327. The van der Waals surface area contributed by atoms with E-state index in [2.05, 4.69) is 11.3 Å². The molecule has 1 heterocycles. The maximum absolute atomic E-state index is 13.1. The molecule has 9 heteroatoms. The molecule has 8 nitrogen and oxygen atoms in total. The van der Waals surface area contributed by atoms with Crippen molar-refractivity contribution in [1.82, 2.24) is 14.5 Å².